The van der Waals surface area contributed by atoms with E-state index in [0.29, 0.717) is 40.9 Å². The van der Waals surface area contributed by atoms with Crippen molar-refractivity contribution in [1.82, 2.24) is 10.2 Å². The van der Waals surface area contributed by atoms with Crippen molar-refractivity contribution in [3.05, 3.63) is 69.7 Å². The third kappa shape index (κ3) is 7.06. The number of aryl methyl sites for hydroxylation is 1. The van der Waals surface area contributed by atoms with Gasteiger partial charge in [0.15, 0.2) is 0 Å². The van der Waals surface area contributed by atoms with Crippen LogP contribution in [0.4, 0.5) is 0 Å². The predicted molar refractivity (Wildman–Crippen MR) is 119 cm³/mol. The number of halogens is 2. The molecule has 0 heterocycles. The zero-order valence-electron chi connectivity index (χ0n) is 17.1. The van der Waals surface area contributed by atoms with Gasteiger partial charge in [-0.05, 0) is 37.0 Å². The lowest BCUT2D eigenvalue weighted by Crippen LogP contribution is -2.48. The zero-order valence-corrected chi connectivity index (χ0v) is 18.6. The molecule has 0 fully saturated rings. The van der Waals surface area contributed by atoms with Crippen LogP contribution in [0.3, 0.4) is 0 Å². The monoisotopic (exact) mass is 434 g/mol. The summed E-state index contributed by atoms with van der Waals surface area (Å²) in [6, 6.07) is 14.4. The van der Waals surface area contributed by atoms with E-state index < -0.39 is 6.04 Å². The molecule has 29 heavy (non-hydrogen) atoms. The fourth-order valence-electron chi connectivity index (χ4n) is 2.93. The highest BCUT2D eigenvalue weighted by Crippen LogP contribution is 2.27. The van der Waals surface area contributed by atoms with Gasteiger partial charge in [0.2, 0.25) is 11.8 Å². The number of nitrogens with one attached hydrogen (secondary N) is 1. The molecule has 0 aliphatic carbocycles. The summed E-state index contributed by atoms with van der Waals surface area (Å²) in [6.07, 6.45) is 0.903. The van der Waals surface area contributed by atoms with Crippen molar-refractivity contribution < 1.29 is 9.59 Å². The minimum absolute atomic E-state index is 0.114. The summed E-state index contributed by atoms with van der Waals surface area (Å²) in [5.41, 5.74) is 1.72. The number of amides is 2. The second kappa shape index (κ2) is 11.2. The quantitative estimate of drug-likeness (QED) is 0.595. The van der Waals surface area contributed by atoms with Crippen molar-refractivity contribution in [2.75, 3.05) is 6.54 Å². The van der Waals surface area contributed by atoms with Crippen molar-refractivity contribution >= 4 is 35.0 Å². The van der Waals surface area contributed by atoms with Crippen molar-refractivity contribution in [1.29, 1.82) is 0 Å². The van der Waals surface area contributed by atoms with Gasteiger partial charge in [-0.25, -0.2) is 0 Å². The first-order valence-corrected chi connectivity index (χ1v) is 10.6. The van der Waals surface area contributed by atoms with Gasteiger partial charge in [-0.2, -0.15) is 0 Å². The molecule has 0 saturated carbocycles. The molecule has 0 aliphatic heterocycles. The van der Waals surface area contributed by atoms with Crippen LogP contribution in [0.15, 0.2) is 48.5 Å². The van der Waals surface area contributed by atoms with Gasteiger partial charge in [0, 0.05) is 35.1 Å². The Hall–Kier alpha value is -2.04. The lowest BCUT2D eigenvalue weighted by atomic mass is 10.1. The molecule has 0 spiro atoms. The highest BCUT2D eigenvalue weighted by atomic mass is 35.5. The van der Waals surface area contributed by atoms with Crippen LogP contribution in [-0.2, 0) is 22.6 Å². The van der Waals surface area contributed by atoms with Crippen molar-refractivity contribution in [3.8, 4) is 0 Å². The Kier molecular flexibility index (Phi) is 8.99. The van der Waals surface area contributed by atoms with Gasteiger partial charge in [-0.3, -0.25) is 9.59 Å². The fraction of sp³-hybridized carbons (Fsp3) is 0.391. The van der Waals surface area contributed by atoms with Crippen LogP contribution in [0.5, 0.6) is 0 Å². The van der Waals surface area contributed by atoms with Crippen molar-refractivity contribution in [2.24, 2.45) is 5.92 Å². The smallest absolute Gasteiger partial charge is 0.242 e. The fourth-order valence-corrected chi connectivity index (χ4v) is 3.45. The predicted octanol–water partition coefficient (Wildman–Crippen LogP) is 5.12. The van der Waals surface area contributed by atoms with Gasteiger partial charge >= 0.3 is 0 Å². The van der Waals surface area contributed by atoms with E-state index in [9.17, 15) is 9.59 Å². The summed E-state index contributed by atoms with van der Waals surface area (Å²) < 4.78 is 0. The maximum absolute atomic E-state index is 13.1. The molecular formula is C23H28Cl2N2O2. The Bertz CT molecular complexity index is 805. The van der Waals surface area contributed by atoms with Gasteiger partial charge in [0.25, 0.3) is 0 Å². The van der Waals surface area contributed by atoms with E-state index in [0.717, 1.165) is 5.56 Å². The molecule has 2 rings (SSSR count). The Balaban J connectivity index is 2.19. The maximum Gasteiger partial charge on any atom is 0.242 e. The number of nitrogens with zero attached hydrogens (tertiary/aromatic N) is 1. The molecule has 0 aliphatic rings. The van der Waals surface area contributed by atoms with E-state index in [1.807, 2.05) is 44.2 Å². The van der Waals surface area contributed by atoms with Crippen LogP contribution in [-0.4, -0.2) is 29.3 Å². The third-order valence-corrected chi connectivity index (χ3v) is 5.42. The van der Waals surface area contributed by atoms with Crippen LogP contribution in [0, 0.1) is 5.92 Å². The van der Waals surface area contributed by atoms with E-state index in [2.05, 4.69) is 5.32 Å². The first-order chi connectivity index (χ1) is 13.8. The molecule has 2 aromatic rings. The third-order valence-electron chi connectivity index (χ3n) is 4.71. The highest BCUT2D eigenvalue weighted by Gasteiger charge is 2.27. The molecule has 1 N–H and O–H groups in total. The van der Waals surface area contributed by atoms with E-state index >= 15 is 0 Å². The van der Waals surface area contributed by atoms with Crippen LogP contribution in [0.1, 0.15) is 38.3 Å². The first kappa shape index (κ1) is 23.2. The number of carbonyl (C=O) groups excluding carboxylic acids is 2. The van der Waals surface area contributed by atoms with Gasteiger partial charge in [0.05, 0.1) is 0 Å². The average Bonchev–Trinajstić information content (AvgIpc) is 2.70. The number of rotatable bonds is 9. The molecule has 0 unspecified atom stereocenters. The second-order valence-electron chi connectivity index (χ2n) is 7.52. The normalized spacial score (nSPS) is 11.9. The molecule has 2 aromatic carbocycles. The second-order valence-corrected chi connectivity index (χ2v) is 8.34. The van der Waals surface area contributed by atoms with Gasteiger partial charge in [-0.15, -0.1) is 0 Å². The number of benzene rings is 2. The molecule has 0 bridgehead atoms. The summed E-state index contributed by atoms with van der Waals surface area (Å²) in [4.78, 5) is 27.3. The van der Waals surface area contributed by atoms with E-state index in [-0.39, 0.29) is 18.4 Å². The average molecular weight is 435 g/mol. The van der Waals surface area contributed by atoms with E-state index in [4.69, 9.17) is 23.2 Å². The number of carbonyl (C=O) groups is 2. The topological polar surface area (TPSA) is 49.4 Å². The SMILES string of the molecule is CC(C)CNC(=O)[C@@H](C)N(Cc1c(Cl)cccc1Cl)C(=O)CCc1ccccc1. The lowest BCUT2D eigenvalue weighted by Gasteiger charge is -2.29. The Labute approximate surface area is 183 Å². The molecule has 0 saturated heterocycles. The molecule has 2 amide bonds. The summed E-state index contributed by atoms with van der Waals surface area (Å²) >= 11 is 12.6. The largest absolute Gasteiger partial charge is 0.354 e. The number of hydrogen-bond donors (Lipinski definition) is 1. The molecule has 0 aromatic heterocycles. The van der Waals surface area contributed by atoms with Crippen LogP contribution < -0.4 is 5.32 Å². The minimum Gasteiger partial charge on any atom is -0.354 e. The van der Waals surface area contributed by atoms with Crippen LogP contribution >= 0.6 is 23.2 Å². The zero-order chi connectivity index (χ0) is 21.4. The summed E-state index contributed by atoms with van der Waals surface area (Å²) in [5, 5.41) is 3.87. The van der Waals surface area contributed by atoms with Crippen LogP contribution in [0.25, 0.3) is 0 Å². The van der Waals surface area contributed by atoms with Crippen molar-refractivity contribution in [3.63, 3.8) is 0 Å². The van der Waals surface area contributed by atoms with Crippen molar-refractivity contribution in [2.45, 2.75) is 46.2 Å². The molecule has 0 radical (unpaired) electrons. The maximum atomic E-state index is 13.1. The Morgan fingerprint density at radius 1 is 0.966 bits per heavy atom. The van der Waals surface area contributed by atoms with E-state index in [1.54, 1.807) is 30.0 Å². The molecule has 156 valence electrons. The van der Waals surface area contributed by atoms with E-state index in [1.165, 1.54) is 0 Å². The van der Waals surface area contributed by atoms with Gasteiger partial charge in [-0.1, -0.05) is 73.4 Å². The molecule has 6 heteroatoms. The summed E-state index contributed by atoms with van der Waals surface area (Å²) in [6.45, 7) is 6.53. The summed E-state index contributed by atoms with van der Waals surface area (Å²) in [7, 11) is 0. The number of hydrogen-bond acceptors (Lipinski definition) is 2. The standard InChI is InChI=1S/C23H28Cl2N2O2/c1-16(2)14-26-23(29)17(3)27(15-19-20(24)10-7-11-21(19)25)22(28)13-12-18-8-5-4-6-9-18/h4-11,16-17H,12-15H2,1-3H3,(H,26,29)/t17-/m1/s1. The van der Waals surface area contributed by atoms with Gasteiger partial charge < -0.3 is 10.2 Å². The minimum atomic E-state index is -0.635. The Morgan fingerprint density at radius 3 is 2.17 bits per heavy atom. The summed E-state index contributed by atoms with van der Waals surface area (Å²) in [5.74, 6) is 0.0263. The Morgan fingerprint density at radius 2 is 1.59 bits per heavy atom. The molecule has 4 nitrogen and oxygen atoms in total. The molecule has 1 atom stereocenters. The van der Waals surface area contributed by atoms with Gasteiger partial charge in [0.1, 0.15) is 6.04 Å². The van der Waals surface area contributed by atoms with Crippen LogP contribution in [0.2, 0.25) is 10.0 Å². The highest BCUT2D eigenvalue weighted by molar-refractivity contribution is 6.36. The lowest BCUT2D eigenvalue weighted by molar-refractivity contribution is -0.140. The first-order valence-electron chi connectivity index (χ1n) is 9.83. The molecular weight excluding hydrogens is 407 g/mol.